The summed E-state index contributed by atoms with van der Waals surface area (Å²) in [4.78, 5) is 0. The molecule has 1 atom stereocenters. The first-order valence-corrected chi connectivity index (χ1v) is 7.53. The van der Waals surface area contributed by atoms with Crippen molar-refractivity contribution in [3.63, 3.8) is 0 Å². The molecular formula is C17H29NO. The Labute approximate surface area is 118 Å². The molecule has 2 nitrogen and oxygen atoms in total. The average Bonchev–Trinajstić information content (AvgIpc) is 2.41. The quantitative estimate of drug-likeness (QED) is 0.650. The van der Waals surface area contributed by atoms with E-state index in [0.29, 0.717) is 12.0 Å². The zero-order valence-corrected chi connectivity index (χ0v) is 12.7. The molecule has 1 unspecified atom stereocenters. The van der Waals surface area contributed by atoms with Gasteiger partial charge in [-0.1, -0.05) is 44.2 Å². The zero-order valence-electron chi connectivity index (χ0n) is 12.7. The van der Waals surface area contributed by atoms with Gasteiger partial charge >= 0.3 is 0 Å². The molecule has 0 bridgehead atoms. The van der Waals surface area contributed by atoms with Crippen molar-refractivity contribution in [2.24, 2.45) is 5.92 Å². The van der Waals surface area contributed by atoms with Crippen LogP contribution in [0.2, 0.25) is 0 Å². The fourth-order valence-electron chi connectivity index (χ4n) is 1.97. The third-order valence-electron chi connectivity index (χ3n) is 3.12. The molecule has 0 saturated heterocycles. The lowest BCUT2D eigenvalue weighted by molar-refractivity contribution is 0.107. The standard InChI is InChI=1S/C17H29NO/c1-15(2)14-19-13-7-12-18-16(3)10-11-17-8-5-4-6-9-17/h4-6,8-9,15-16,18H,7,10-14H2,1-3H3. The summed E-state index contributed by atoms with van der Waals surface area (Å²) in [5.41, 5.74) is 1.43. The molecular weight excluding hydrogens is 234 g/mol. The van der Waals surface area contributed by atoms with E-state index in [1.807, 2.05) is 0 Å². The van der Waals surface area contributed by atoms with Crippen molar-refractivity contribution in [2.75, 3.05) is 19.8 Å². The van der Waals surface area contributed by atoms with Crippen LogP contribution in [0.4, 0.5) is 0 Å². The molecule has 1 aromatic rings. The van der Waals surface area contributed by atoms with Crippen LogP contribution in [0.1, 0.15) is 39.2 Å². The molecule has 0 spiro atoms. The van der Waals surface area contributed by atoms with Crippen molar-refractivity contribution >= 4 is 0 Å². The Kier molecular flexibility index (Phi) is 8.52. The predicted octanol–water partition coefficient (Wildman–Crippen LogP) is 3.66. The van der Waals surface area contributed by atoms with Crippen LogP contribution in [-0.4, -0.2) is 25.8 Å². The van der Waals surface area contributed by atoms with Crippen LogP contribution in [0.15, 0.2) is 30.3 Å². The van der Waals surface area contributed by atoms with Crippen molar-refractivity contribution < 1.29 is 4.74 Å². The molecule has 0 fully saturated rings. The number of benzene rings is 1. The van der Waals surface area contributed by atoms with Gasteiger partial charge in [0.15, 0.2) is 0 Å². The van der Waals surface area contributed by atoms with Crippen LogP contribution in [0.25, 0.3) is 0 Å². The molecule has 1 N–H and O–H groups in total. The van der Waals surface area contributed by atoms with E-state index in [1.54, 1.807) is 0 Å². The molecule has 0 aliphatic heterocycles. The van der Waals surface area contributed by atoms with E-state index in [-0.39, 0.29) is 0 Å². The number of hydrogen-bond donors (Lipinski definition) is 1. The maximum Gasteiger partial charge on any atom is 0.0489 e. The summed E-state index contributed by atoms with van der Waals surface area (Å²) in [5.74, 6) is 0.637. The number of nitrogens with one attached hydrogen (secondary N) is 1. The first kappa shape index (κ1) is 16.2. The highest BCUT2D eigenvalue weighted by atomic mass is 16.5. The topological polar surface area (TPSA) is 21.3 Å². The number of rotatable bonds is 10. The molecule has 0 aromatic heterocycles. The first-order valence-electron chi connectivity index (χ1n) is 7.53. The fraction of sp³-hybridized carbons (Fsp3) is 0.647. The summed E-state index contributed by atoms with van der Waals surface area (Å²) < 4.78 is 5.57. The van der Waals surface area contributed by atoms with Crippen LogP contribution < -0.4 is 5.32 Å². The average molecular weight is 263 g/mol. The second-order valence-corrected chi connectivity index (χ2v) is 5.70. The third-order valence-corrected chi connectivity index (χ3v) is 3.12. The van der Waals surface area contributed by atoms with Gasteiger partial charge in [0.1, 0.15) is 0 Å². The Morgan fingerprint density at radius 3 is 2.53 bits per heavy atom. The summed E-state index contributed by atoms with van der Waals surface area (Å²) in [6.45, 7) is 9.43. The Bertz CT molecular complexity index is 310. The largest absolute Gasteiger partial charge is 0.381 e. The minimum atomic E-state index is 0.574. The molecule has 0 aliphatic carbocycles. The van der Waals surface area contributed by atoms with Crippen LogP contribution >= 0.6 is 0 Å². The molecule has 0 saturated carbocycles. The van der Waals surface area contributed by atoms with E-state index in [1.165, 1.54) is 12.0 Å². The molecule has 1 rings (SSSR count). The number of aryl methyl sites for hydroxylation is 1. The summed E-state index contributed by atoms with van der Waals surface area (Å²) in [7, 11) is 0. The summed E-state index contributed by atoms with van der Waals surface area (Å²) in [5, 5.41) is 3.56. The number of hydrogen-bond acceptors (Lipinski definition) is 2. The van der Waals surface area contributed by atoms with E-state index in [2.05, 4.69) is 56.4 Å². The van der Waals surface area contributed by atoms with E-state index in [4.69, 9.17) is 4.74 Å². The van der Waals surface area contributed by atoms with Crippen molar-refractivity contribution in [2.45, 2.75) is 46.1 Å². The predicted molar refractivity (Wildman–Crippen MR) is 82.5 cm³/mol. The van der Waals surface area contributed by atoms with Gasteiger partial charge in [-0.25, -0.2) is 0 Å². The maximum absolute atomic E-state index is 5.57. The molecule has 0 aliphatic rings. The maximum atomic E-state index is 5.57. The highest BCUT2D eigenvalue weighted by Crippen LogP contribution is 2.04. The van der Waals surface area contributed by atoms with Gasteiger partial charge in [0.25, 0.3) is 0 Å². The normalized spacial score (nSPS) is 12.8. The van der Waals surface area contributed by atoms with Gasteiger partial charge in [-0.2, -0.15) is 0 Å². The van der Waals surface area contributed by atoms with Crippen molar-refractivity contribution in [3.8, 4) is 0 Å². The van der Waals surface area contributed by atoms with Gasteiger partial charge in [-0.05, 0) is 44.2 Å². The summed E-state index contributed by atoms with van der Waals surface area (Å²) >= 11 is 0. The minimum Gasteiger partial charge on any atom is -0.381 e. The van der Waals surface area contributed by atoms with E-state index in [0.717, 1.165) is 32.6 Å². The van der Waals surface area contributed by atoms with E-state index >= 15 is 0 Å². The van der Waals surface area contributed by atoms with Crippen LogP contribution in [0, 0.1) is 5.92 Å². The molecule has 19 heavy (non-hydrogen) atoms. The lowest BCUT2D eigenvalue weighted by Crippen LogP contribution is -2.28. The molecule has 0 amide bonds. The van der Waals surface area contributed by atoms with Crippen molar-refractivity contribution in [3.05, 3.63) is 35.9 Å². The SMILES string of the molecule is CC(C)COCCCNC(C)CCc1ccccc1. The Hall–Kier alpha value is -0.860. The van der Waals surface area contributed by atoms with Gasteiger partial charge in [0.2, 0.25) is 0 Å². The number of ether oxygens (including phenoxy) is 1. The van der Waals surface area contributed by atoms with Crippen molar-refractivity contribution in [1.29, 1.82) is 0 Å². The van der Waals surface area contributed by atoms with Crippen LogP contribution in [0.3, 0.4) is 0 Å². The van der Waals surface area contributed by atoms with E-state index < -0.39 is 0 Å². The van der Waals surface area contributed by atoms with Crippen molar-refractivity contribution in [1.82, 2.24) is 5.32 Å². The molecule has 2 heteroatoms. The zero-order chi connectivity index (χ0) is 13.9. The van der Waals surface area contributed by atoms with Gasteiger partial charge in [0, 0.05) is 19.3 Å². The van der Waals surface area contributed by atoms with Crippen LogP contribution in [0.5, 0.6) is 0 Å². The molecule has 0 heterocycles. The Balaban J connectivity index is 1.98. The Morgan fingerprint density at radius 1 is 1.11 bits per heavy atom. The Morgan fingerprint density at radius 2 is 1.84 bits per heavy atom. The van der Waals surface area contributed by atoms with Gasteiger partial charge < -0.3 is 10.1 Å². The van der Waals surface area contributed by atoms with E-state index in [9.17, 15) is 0 Å². The van der Waals surface area contributed by atoms with Gasteiger partial charge in [-0.3, -0.25) is 0 Å². The molecule has 108 valence electrons. The lowest BCUT2D eigenvalue weighted by Gasteiger charge is -2.14. The second kappa shape index (κ2) is 9.99. The minimum absolute atomic E-state index is 0.574. The molecule has 0 radical (unpaired) electrons. The lowest BCUT2D eigenvalue weighted by atomic mass is 10.1. The first-order chi connectivity index (χ1) is 9.18. The third kappa shape index (κ3) is 8.79. The fourth-order valence-corrected chi connectivity index (χ4v) is 1.97. The monoisotopic (exact) mass is 263 g/mol. The van der Waals surface area contributed by atoms with Gasteiger partial charge in [-0.15, -0.1) is 0 Å². The van der Waals surface area contributed by atoms with Gasteiger partial charge in [0.05, 0.1) is 0 Å². The second-order valence-electron chi connectivity index (χ2n) is 5.70. The summed E-state index contributed by atoms with van der Waals surface area (Å²) in [6, 6.07) is 11.3. The highest BCUT2D eigenvalue weighted by Gasteiger charge is 2.01. The van der Waals surface area contributed by atoms with Crippen LogP contribution in [-0.2, 0) is 11.2 Å². The highest BCUT2D eigenvalue weighted by molar-refractivity contribution is 5.14. The summed E-state index contributed by atoms with van der Waals surface area (Å²) in [6.07, 6.45) is 3.44. The smallest absolute Gasteiger partial charge is 0.0489 e. The molecule has 1 aromatic carbocycles.